The molecular weight excluding hydrogens is 515 g/mol. The van der Waals surface area contributed by atoms with E-state index in [1.807, 2.05) is 46.2 Å². The minimum Gasteiger partial charge on any atom is -0.415 e. The molecule has 1 fully saturated rings. The third kappa shape index (κ3) is 5.62. The van der Waals surface area contributed by atoms with Gasteiger partial charge in [-0.15, -0.1) is 10.2 Å². The Hall–Kier alpha value is -3.99. The van der Waals surface area contributed by atoms with E-state index in [0.29, 0.717) is 36.0 Å². The zero-order valence-corrected chi connectivity index (χ0v) is 21.1. The molecule has 7 nitrogen and oxygen atoms in total. The van der Waals surface area contributed by atoms with Crippen molar-refractivity contribution in [2.75, 3.05) is 29.5 Å². The average molecular weight is 540 g/mol. The molecule has 11 heteroatoms. The fourth-order valence-corrected chi connectivity index (χ4v) is 5.24. The van der Waals surface area contributed by atoms with Gasteiger partial charge in [0, 0.05) is 64.6 Å². The van der Waals surface area contributed by atoms with Crippen LogP contribution in [0.2, 0.25) is 0 Å². The van der Waals surface area contributed by atoms with Gasteiger partial charge in [0.2, 0.25) is 5.89 Å². The van der Waals surface area contributed by atoms with Crippen LogP contribution in [0, 0.1) is 5.82 Å². The van der Waals surface area contributed by atoms with Gasteiger partial charge >= 0.3 is 6.43 Å². The Morgan fingerprint density at radius 2 is 1.79 bits per heavy atom. The topological polar surface area (TPSA) is 75.4 Å². The van der Waals surface area contributed by atoms with Crippen molar-refractivity contribution in [1.82, 2.24) is 20.1 Å². The largest absolute Gasteiger partial charge is 0.415 e. The van der Waals surface area contributed by atoms with E-state index in [4.69, 9.17) is 4.42 Å². The van der Waals surface area contributed by atoms with Crippen LogP contribution < -0.4 is 4.90 Å². The van der Waals surface area contributed by atoms with Crippen molar-refractivity contribution in [1.29, 1.82) is 0 Å². The van der Waals surface area contributed by atoms with Crippen LogP contribution in [0.15, 0.2) is 83.8 Å². The van der Waals surface area contributed by atoms with E-state index in [1.54, 1.807) is 24.5 Å². The summed E-state index contributed by atoms with van der Waals surface area (Å²) in [6.45, 7) is 5.61. The standard InChI is InChI=1S/C27H24F3N5O2S/c1-18(34-11-13-38(36)14-12-34)35(23-8-6-19(7-9-23)21-3-2-10-31-16-21)17-22-5-4-20(15-24(22)28)26-32-33-27(37-26)25(29)30/h2-10,15-16,25H,1,11-14,17H2. The van der Waals surface area contributed by atoms with Crippen LogP contribution in [0.1, 0.15) is 17.9 Å². The first-order valence-electron chi connectivity index (χ1n) is 11.9. The van der Waals surface area contributed by atoms with Crippen LogP contribution in [-0.4, -0.2) is 48.9 Å². The van der Waals surface area contributed by atoms with Crippen LogP contribution >= 0.6 is 0 Å². The Bertz CT molecular complexity index is 1440. The van der Waals surface area contributed by atoms with Gasteiger partial charge in [0.1, 0.15) is 11.6 Å². The summed E-state index contributed by atoms with van der Waals surface area (Å²) >= 11 is 0. The molecule has 1 aliphatic rings. The third-order valence-electron chi connectivity index (χ3n) is 6.28. The maximum Gasteiger partial charge on any atom is 0.314 e. The fraction of sp³-hybridized carbons (Fsp3) is 0.222. The molecule has 1 saturated heterocycles. The number of halogens is 3. The summed E-state index contributed by atoms with van der Waals surface area (Å²) in [6, 6.07) is 15.9. The highest BCUT2D eigenvalue weighted by Gasteiger charge is 2.23. The molecule has 38 heavy (non-hydrogen) atoms. The van der Waals surface area contributed by atoms with E-state index in [-0.39, 0.29) is 18.0 Å². The molecule has 3 heterocycles. The number of pyridine rings is 1. The Morgan fingerprint density at radius 3 is 2.42 bits per heavy atom. The summed E-state index contributed by atoms with van der Waals surface area (Å²) < 4.78 is 57.7. The number of hydrogen-bond donors (Lipinski definition) is 0. The Labute approximate surface area is 220 Å². The SMILES string of the molecule is C=C(N1CCS(=O)CC1)N(Cc1ccc(-c2nnc(C(F)F)o2)cc1F)c1ccc(-c2cccnc2)cc1. The number of anilines is 1. The first kappa shape index (κ1) is 25.7. The van der Waals surface area contributed by atoms with E-state index in [0.717, 1.165) is 16.8 Å². The zero-order valence-electron chi connectivity index (χ0n) is 20.3. The van der Waals surface area contributed by atoms with Crippen molar-refractivity contribution in [3.63, 3.8) is 0 Å². The molecule has 0 N–H and O–H groups in total. The van der Waals surface area contributed by atoms with Crippen LogP contribution in [-0.2, 0) is 17.3 Å². The van der Waals surface area contributed by atoms with Crippen LogP contribution in [0.4, 0.5) is 18.9 Å². The van der Waals surface area contributed by atoms with Crippen molar-refractivity contribution in [2.45, 2.75) is 13.0 Å². The van der Waals surface area contributed by atoms with Crippen molar-refractivity contribution in [3.8, 4) is 22.6 Å². The van der Waals surface area contributed by atoms with E-state index >= 15 is 4.39 Å². The van der Waals surface area contributed by atoms with Gasteiger partial charge in [0.15, 0.2) is 0 Å². The zero-order chi connectivity index (χ0) is 26.6. The molecule has 0 saturated carbocycles. The molecule has 1 aliphatic heterocycles. The lowest BCUT2D eigenvalue weighted by Crippen LogP contribution is -2.42. The first-order valence-corrected chi connectivity index (χ1v) is 13.3. The summed E-state index contributed by atoms with van der Waals surface area (Å²) in [5.41, 5.74) is 3.33. The molecule has 5 rings (SSSR count). The number of hydrogen-bond acceptors (Lipinski definition) is 7. The summed E-state index contributed by atoms with van der Waals surface area (Å²) in [7, 11) is -0.857. The van der Waals surface area contributed by atoms with E-state index < -0.39 is 28.9 Å². The lowest BCUT2D eigenvalue weighted by Gasteiger charge is -2.37. The fourth-order valence-electron chi connectivity index (χ4n) is 4.18. The number of rotatable bonds is 8. The molecule has 0 bridgehead atoms. The highest BCUT2D eigenvalue weighted by molar-refractivity contribution is 7.85. The second-order valence-electron chi connectivity index (χ2n) is 8.68. The molecule has 2 aromatic carbocycles. The summed E-state index contributed by atoms with van der Waals surface area (Å²) in [5.74, 6) is 0.200. The van der Waals surface area contributed by atoms with Crippen molar-refractivity contribution < 1.29 is 21.8 Å². The number of nitrogens with zero attached hydrogens (tertiary/aromatic N) is 5. The van der Waals surface area contributed by atoms with Crippen LogP contribution in [0.5, 0.6) is 0 Å². The van der Waals surface area contributed by atoms with E-state index in [9.17, 15) is 13.0 Å². The summed E-state index contributed by atoms with van der Waals surface area (Å²) in [4.78, 5) is 8.12. The van der Waals surface area contributed by atoms with Gasteiger partial charge in [-0.3, -0.25) is 9.19 Å². The average Bonchev–Trinajstić information content (AvgIpc) is 3.44. The predicted molar refractivity (Wildman–Crippen MR) is 139 cm³/mol. The summed E-state index contributed by atoms with van der Waals surface area (Å²) in [6.07, 6.45) is 0.590. The number of aromatic nitrogens is 3. The number of benzene rings is 2. The normalized spacial score (nSPS) is 14.2. The predicted octanol–water partition coefficient (Wildman–Crippen LogP) is 5.42. The highest BCUT2D eigenvalue weighted by atomic mass is 32.2. The molecule has 0 aliphatic carbocycles. The molecule has 0 spiro atoms. The molecular formula is C27H24F3N5O2S. The molecule has 0 amide bonds. The van der Waals surface area contributed by atoms with Crippen molar-refractivity contribution in [2.24, 2.45) is 0 Å². The monoisotopic (exact) mass is 539 g/mol. The van der Waals surface area contributed by atoms with Gasteiger partial charge in [-0.1, -0.05) is 30.8 Å². The molecule has 0 atom stereocenters. The van der Waals surface area contributed by atoms with Gasteiger partial charge in [0.25, 0.3) is 5.89 Å². The Morgan fingerprint density at radius 1 is 1.05 bits per heavy atom. The molecule has 0 radical (unpaired) electrons. The Balaban J connectivity index is 1.43. The van der Waals surface area contributed by atoms with Gasteiger partial charge in [-0.05, 0) is 41.5 Å². The molecule has 2 aromatic heterocycles. The van der Waals surface area contributed by atoms with Gasteiger partial charge < -0.3 is 14.2 Å². The second kappa shape index (κ2) is 11.2. The maximum absolute atomic E-state index is 15.3. The highest BCUT2D eigenvalue weighted by Crippen LogP contribution is 2.30. The van der Waals surface area contributed by atoms with Gasteiger partial charge in [-0.25, -0.2) is 4.39 Å². The second-order valence-corrected chi connectivity index (χ2v) is 10.4. The van der Waals surface area contributed by atoms with E-state index in [1.165, 1.54) is 6.07 Å². The van der Waals surface area contributed by atoms with Gasteiger partial charge in [0.05, 0.1) is 6.54 Å². The van der Waals surface area contributed by atoms with Crippen LogP contribution in [0.25, 0.3) is 22.6 Å². The van der Waals surface area contributed by atoms with Crippen molar-refractivity contribution in [3.05, 3.63) is 96.7 Å². The third-order valence-corrected chi connectivity index (χ3v) is 7.56. The van der Waals surface area contributed by atoms with Crippen LogP contribution in [0.3, 0.4) is 0 Å². The minimum absolute atomic E-state index is 0.156. The Kier molecular flexibility index (Phi) is 7.54. The molecule has 0 unspecified atom stereocenters. The smallest absolute Gasteiger partial charge is 0.314 e. The quantitative estimate of drug-likeness (QED) is 0.296. The first-order chi connectivity index (χ1) is 18.4. The van der Waals surface area contributed by atoms with E-state index in [2.05, 4.69) is 21.8 Å². The summed E-state index contributed by atoms with van der Waals surface area (Å²) in [5, 5.41) is 6.89. The van der Waals surface area contributed by atoms with Crippen molar-refractivity contribution >= 4 is 16.5 Å². The molecule has 196 valence electrons. The maximum atomic E-state index is 15.3. The lowest BCUT2D eigenvalue weighted by molar-refractivity contribution is 0.116. The van der Waals surface area contributed by atoms with Gasteiger partial charge in [-0.2, -0.15) is 8.78 Å². The minimum atomic E-state index is -2.91. The number of alkyl halides is 2. The lowest BCUT2D eigenvalue weighted by atomic mass is 10.1. The molecule has 4 aromatic rings.